The van der Waals surface area contributed by atoms with Crippen molar-refractivity contribution in [3.8, 4) is 0 Å². The van der Waals surface area contributed by atoms with E-state index < -0.39 is 0 Å². The van der Waals surface area contributed by atoms with Crippen molar-refractivity contribution in [1.29, 1.82) is 0 Å². The number of likely N-dealkylation sites (N-methyl/N-ethyl adjacent to an activating group) is 1. The van der Waals surface area contributed by atoms with Crippen molar-refractivity contribution in [2.75, 3.05) is 45.2 Å². The summed E-state index contributed by atoms with van der Waals surface area (Å²) in [7, 11) is 3.79. The number of anilines is 1. The summed E-state index contributed by atoms with van der Waals surface area (Å²) in [6.45, 7) is 3.58. The van der Waals surface area contributed by atoms with Gasteiger partial charge in [0.05, 0.1) is 6.54 Å². The molecule has 20 heavy (non-hydrogen) atoms. The normalized spacial score (nSPS) is 16.9. The van der Waals surface area contributed by atoms with E-state index in [-0.39, 0.29) is 5.91 Å². The molecule has 0 saturated carbocycles. The van der Waals surface area contributed by atoms with Crippen molar-refractivity contribution in [2.24, 2.45) is 5.92 Å². The van der Waals surface area contributed by atoms with Crippen molar-refractivity contribution in [3.05, 3.63) is 24.4 Å². The van der Waals surface area contributed by atoms with Crippen molar-refractivity contribution < 1.29 is 4.79 Å². The third-order valence-corrected chi connectivity index (χ3v) is 3.93. The summed E-state index contributed by atoms with van der Waals surface area (Å²) in [6, 6.07) is 6.00. The van der Waals surface area contributed by atoms with Crippen molar-refractivity contribution in [2.45, 2.75) is 12.8 Å². The average Bonchev–Trinajstić information content (AvgIpc) is 2.50. The highest BCUT2D eigenvalue weighted by Gasteiger charge is 2.21. The van der Waals surface area contributed by atoms with Crippen molar-refractivity contribution in [3.63, 3.8) is 0 Å². The summed E-state index contributed by atoms with van der Waals surface area (Å²) in [5.74, 6) is 1.82. The van der Waals surface area contributed by atoms with Crippen LogP contribution in [0.1, 0.15) is 12.8 Å². The van der Waals surface area contributed by atoms with Gasteiger partial charge >= 0.3 is 0 Å². The molecule has 110 valence electrons. The van der Waals surface area contributed by atoms with E-state index in [4.69, 9.17) is 0 Å². The second-order valence-electron chi connectivity index (χ2n) is 5.46. The van der Waals surface area contributed by atoms with Crippen LogP contribution in [-0.4, -0.2) is 56.1 Å². The molecule has 0 aromatic carbocycles. The van der Waals surface area contributed by atoms with E-state index in [1.807, 2.05) is 24.4 Å². The fraction of sp³-hybridized carbons (Fsp3) is 0.600. The van der Waals surface area contributed by atoms with E-state index in [2.05, 4.69) is 27.1 Å². The lowest BCUT2D eigenvalue weighted by atomic mass is 9.96. The van der Waals surface area contributed by atoms with Crippen LogP contribution >= 0.6 is 0 Å². The van der Waals surface area contributed by atoms with Crippen LogP contribution in [0.15, 0.2) is 24.4 Å². The SMILES string of the molecule is CNC(=O)CN1CCC(CN(C)c2ccccn2)CC1. The summed E-state index contributed by atoms with van der Waals surface area (Å²) in [5, 5.41) is 2.68. The molecule has 1 fully saturated rings. The minimum Gasteiger partial charge on any atom is -0.359 e. The van der Waals surface area contributed by atoms with Gasteiger partial charge in [0.2, 0.25) is 5.91 Å². The number of pyridine rings is 1. The summed E-state index contributed by atoms with van der Waals surface area (Å²) >= 11 is 0. The van der Waals surface area contributed by atoms with Gasteiger partial charge in [0.15, 0.2) is 0 Å². The first-order valence-corrected chi connectivity index (χ1v) is 7.24. The first-order chi connectivity index (χ1) is 9.69. The number of carbonyl (C=O) groups is 1. The van der Waals surface area contributed by atoms with E-state index in [1.54, 1.807) is 7.05 Å². The van der Waals surface area contributed by atoms with Gasteiger partial charge in [0, 0.05) is 26.8 Å². The first-order valence-electron chi connectivity index (χ1n) is 7.24. The lowest BCUT2D eigenvalue weighted by Crippen LogP contribution is -2.42. The van der Waals surface area contributed by atoms with Gasteiger partial charge in [0.1, 0.15) is 5.82 Å². The van der Waals surface area contributed by atoms with Gasteiger partial charge in [-0.05, 0) is 44.0 Å². The quantitative estimate of drug-likeness (QED) is 0.871. The number of rotatable bonds is 5. The predicted octanol–water partition coefficient (Wildman–Crippen LogP) is 0.976. The van der Waals surface area contributed by atoms with Crippen LogP contribution in [0, 0.1) is 5.92 Å². The monoisotopic (exact) mass is 276 g/mol. The molecule has 1 saturated heterocycles. The smallest absolute Gasteiger partial charge is 0.233 e. The Morgan fingerprint density at radius 3 is 2.80 bits per heavy atom. The van der Waals surface area contributed by atoms with Gasteiger partial charge in [0.25, 0.3) is 0 Å². The molecule has 1 N–H and O–H groups in total. The first kappa shape index (κ1) is 14.8. The average molecular weight is 276 g/mol. The molecule has 1 amide bonds. The number of nitrogens with one attached hydrogen (secondary N) is 1. The van der Waals surface area contributed by atoms with Gasteiger partial charge in [-0.1, -0.05) is 6.07 Å². The van der Waals surface area contributed by atoms with Gasteiger partial charge < -0.3 is 10.2 Å². The van der Waals surface area contributed by atoms with Crippen LogP contribution in [-0.2, 0) is 4.79 Å². The molecule has 1 aliphatic heterocycles. The second-order valence-corrected chi connectivity index (χ2v) is 5.46. The minimum atomic E-state index is 0.106. The van der Waals surface area contributed by atoms with Crippen LogP contribution < -0.4 is 10.2 Å². The van der Waals surface area contributed by atoms with Gasteiger partial charge in [-0.3, -0.25) is 9.69 Å². The maximum absolute atomic E-state index is 11.4. The molecular weight excluding hydrogens is 252 g/mol. The predicted molar refractivity (Wildman–Crippen MR) is 80.7 cm³/mol. The Hall–Kier alpha value is -1.62. The third-order valence-electron chi connectivity index (χ3n) is 3.93. The molecule has 2 heterocycles. The molecule has 0 spiro atoms. The molecule has 2 rings (SSSR count). The van der Waals surface area contributed by atoms with Crippen LogP contribution in [0.25, 0.3) is 0 Å². The molecule has 0 radical (unpaired) electrons. The Balaban J connectivity index is 1.76. The van der Waals surface area contributed by atoms with Gasteiger partial charge in [-0.2, -0.15) is 0 Å². The Morgan fingerprint density at radius 1 is 1.45 bits per heavy atom. The van der Waals surface area contributed by atoms with Crippen LogP contribution in [0.3, 0.4) is 0 Å². The zero-order valence-electron chi connectivity index (χ0n) is 12.4. The molecule has 1 aromatic heterocycles. The number of nitrogens with zero attached hydrogens (tertiary/aromatic N) is 3. The Bertz CT molecular complexity index is 415. The summed E-state index contributed by atoms with van der Waals surface area (Å²) in [4.78, 5) is 20.2. The van der Waals surface area contributed by atoms with Crippen LogP contribution in [0.4, 0.5) is 5.82 Å². The number of hydrogen-bond acceptors (Lipinski definition) is 4. The summed E-state index contributed by atoms with van der Waals surface area (Å²) < 4.78 is 0. The maximum Gasteiger partial charge on any atom is 0.233 e. The number of piperidine rings is 1. The minimum absolute atomic E-state index is 0.106. The zero-order valence-corrected chi connectivity index (χ0v) is 12.4. The van der Waals surface area contributed by atoms with Crippen molar-refractivity contribution >= 4 is 11.7 Å². The standard InChI is InChI=1S/C15H24N4O/c1-16-15(20)12-19-9-6-13(7-10-19)11-18(2)14-5-3-4-8-17-14/h3-5,8,13H,6-7,9-12H2,1-2H3,(H,16,20). The Morgan fingerprint density at radius 2 is 2.20 bits per heavy atom. The fourth-order valence-electron chi connectivity index (χ4n) is 2.67. The van der Waals surface area contributed by atoms with Crippen LogP contribution in [0.5, 0.6) is 0 Å². The highest BCUT2D eigenvalue weighted by molar-refractivity contribution is 5.77. The maximum atomic E-state index is 11.4. The van der Waals surface area contributed by atoms with E-state index >= 15 is 0 Å². The van der Waals surface area contributed by atoms with E-state index in [9.17, 15) is 4.79 Å². The molecule has 0 unspecified atom stereocenters. The van der Waals surface area contributed by atoms with E-state index in [0.29, 0.717) is 12.5 Å². The Kier molecular flexibility index (Phi) is 5.35. The summed E-state index contributed by atoms with van der Waals surface area (Å²) in [5.41, 5.74) is 0. The second kappa shape index (κ2) is 7.24. The number of likely N-dealkylation sites (tertiary alicyclic amines) is 1. The molecule has 0 bridgehead atoms. The van der Waals surface area contributed by atoms with E-state index in [0.717, 1.165) is 38.3 Å². The van der Waals surface area contributed by atoms with Crippen molar-refractivity contribution in [1.82, 2.24) is 15.2 Å². The molecule has 1 aromatic rings. The van der Waals surface area contributed by atoms with Gasteiger partial charge in [-0.25, -0.2) is 4.98 Å². The number of hydrogen-bond donors (Lipinski definition) is 1. The largest absolute Gasteiger partial charge is 0.359 e. The molecular formula is C15H24N4O. The zero-order chi connectivity index (χ0) is 14.4. The highest BCUT2D eigenvalue weighted by Crippen LogP contribution is 2.19. The molecule has 0 aliphatic carbocycles. The third kappa shape index (κ3) is 4.20. The fourth-order valence-corrected chi connectivity index (χ4v) is 2.67. The highest BCUT2D eigenvalue weighted by atomic mass is 16.1. The molecule has 5 heteroatoms. The van der Waals surface area contributed by atoms with E-state index in [1.165, 1.54) is 0 Å². The lowest BCUT2D eigenvalue weighted by Gasteiger charge is -2.33. The Labute approximate surface area is 121 Å². The summed E-state index contributed by atoms with van der Waals surface area (Å²) in [6.07, 6.45) is 4.13. The van der Waals surface area contributed by atoms with Crippen LogP contribution in [0.2, 0.25) is 0 Å². The lowest BCUT2D eigenvalue weighted by molar-refractivity contribution is -0.122. The topological polar surface area (TPSA) is 48.5 Å². The molecule has 1 aliphatic rings. The number of carbonyl (C=O) groups excluding carboxylic acids is 1. The number of aromatic nitrogens is 1. The van der Waals surface area contributed by atoms with Gasteiger partial charge in [-0.15, -0.1) is 0 Å². The molecule has 5 nitrogen and oxygen atoms in total. The number of amides is 1. The molecule has 0 atom stereocenters.